The van der Waals surface area contributed by atoms with Crippen molar-refractivity contribution >= 4 is 5.97 Å². The van der Waals surface area contributed by atoms with Gasteiger partial charge in [-0.2, -0.15) is 0 Å². The Morgan fingerprint density at radius 3 is 2.40 bits per heavy atom. The lowest BCUT2D eigenvalue weighted by Crippen LogP contribution is -2.40. The minimum atomic E-state index is -0.164. The van der Waals surface area contributed by atoms with Gasteiger partial charge in [-0.25, -0.2) is 4.79 Å². The number of hydrogen-bond donors (Lipinski definition) is 0. The smallest absolute Gasteiger partial charge is 0.339 e. The second-order valence-electron chi connectivity index (χ2n) is 7.74. The summed E-state index contributed by atoms with van der Waals surface area (Å²) in [6.45, 7) is 13.5. The van der Waals surface area contributed by atoms with Crippen LogP contribution in [0, 0.1) is 5.92 Å². The fourth-order valence-electron chi connectivity index (χ4n) is 3.91. The van der Waals surface area contributed by atoms with Crippen molar-refractivity contribution in [1.29, 1.82) is 0 Å². The molecule has 2 unspecified atom stereocenters. The van der Waals surface area contributed by atoms with Crippen LogP contribution >= 0.6 is 0 Å². The van der Waals surface area contributed by atoms with E-state index in [2.05, 4.69) is 46.8 Å². The van der Waals surface area contributed by atoms with Gasteiger partial charge >= 0.3 is 5.97 Å². The Labute approximate surface area is 121 Å². The maximum atomic E-state index is 12.0. The molecule has 1 heterocycles. The highest BCUT2D eigenvalue weighted by molar-refractivity contribution is 5.94. The number of rotatable bonds is 0. The average molecular weight is 272 g/mol. The molecule has 2 aliphatic rings. The highest BCUT2D eigenvalue weighted by Crippen LogP contribution is 2.50. The van der Waals surface area contributed by atoms with Crippen LogP contribution in [0.25, 0.3) is 0 Å². The largest absolute Gasteiger partial charge is 0.454 e. The van der Waals surface area contributed by atoms with Crippen LogP contribution in [-0.2, 0) is 15.6 Å². The normalized spacial score (nSPS) is 29.6. The fourth-order valence-corrected chi connectivity index (χ4v) is 3.91. The van der Waals surface area contributed by atoms with E-state index in [-0.39, 0.29) is 22.9 Å². The van der Waals surface area contributed by atoms with Crippen molar-refractivity contribution in [3.05, 3.63) is 34.4 Å². The van der Waals surface area contributed by atoms with Crippen LogP contribution in [0.1, 0.15) is 81.1 Å². The highest BCUT2D eigenvalue weighted by Gasteiger charge is 2.44. The third-order valence-electron chi connectivity index (χ3n) is 5.60. The Morgan fingerprint density at radius 1 is 1.10 bits per heavy atom. The van der Waals surface area contributed by atoms with Crippen molar-refractivity contribution in [3.63, 3.8) is 0 Å². The van der Waals surface area contributed by atoms with Gasteiger partial charge in [-0.1, -0.05) is 40.7 Å². The van der Waals surface area contributed by atoms with Crippen molar-refractivity contribution in [2.24, 2.45) is 5.92 Å². The molecule has 0 N–H and O–H groups in total. The summed E-state index contributed by atoms with van der Waals surface area (Å²) in [6, 6.07) is 4.34. The molecule has 0 aromatic heterocycles. The van der Waals surface area contributed by atoms with Gasteiger partial charge in [0.15, 0.2) is 0 Å². The van der Waals surface area contributed by atoms with Crippen LogP contribution in [-0.4, -0.2) is 5.97 Å². The number of benzene rings is 1. The van der Waals surface area contributed by atoms with Crippen molar-refractivity contribution in [3.8, 4) is 0 Å². The third kappa shape index (κ3) is 1.66. The van der Waals surface area contributed by atoms with Gasteiger partial charge in [0.2, 0.25) is 0 Å². The van der Waals surface area contributed by atoms with Crippen molar-refractivity contribution in [2.75, 3.05) is 0 Å². The molecular formula is C18H24O2. The molecule has 108 valence electrons. The van der Waals surface area contributed by atoms with Gasteiger partial charge in [0.05, 0.1) is 5.56 Å². The van der Waals surface area contributed by atoms with Crippen LogP contribution < -0.4 is 0 Å². The Balaban J connectivity index is 2.29. The summed E-state index contributed by atoms with van der Waals surface area (Å²) in [5, 5.41) is 0. The van der Waals surface area contributed by atoms with E-state index in [1.807, 2.05) is 6.92 Å². The number of carbonyl (C=O) groups is 1. The fraction of sp³-hybridized carbons (Fsp3) is 0.611. The molecule has 0 fully saturated rings. The highest BCUT2D eigenvalue weighted by atomic mass is 16.5. The summed E-state index contributed by atoms with van der Waals surface area (Å²) in [5.74, 6) is 0.457. The Morgan fingerprint density at radius 2 is 1.75 bits per heavy atom. The average Bonchev–Trinajstić information content (AvgIpc) is 2.61. The summed E-state index contributed by atoms with van der Waals surface area (Å²) in [4.78, 5) is 12.0. The van der Waals surface area contributed by atoms with E-state index in [1.165, 1.54) is 11.1 Å². The maximum absolute atomic E-state index is 12.0. The van der Waals surface area contributed by atoms with Gasteiger partial charge in [-0.05, 0) is 47.3 Å². The molecule has 2 heteroatoms. The summed E-state index contributed by atoms with van der Waals surface area (Å²) < 4.78 is 5.38. The van der Waals surface area contributed by atoms with Gasteiger partial charge in [-0.3, -0.25) is 0 Å². The number of carbonyl (C=O) groups excluding carboxylic acids is 1. The Hall–Kier alpha value is -1.31. The molecule has 20 heavy (non-hydrogen) atoms. The van der Waals surface area contributed by atoms with Crippen LogP contribution in [0.15, 0.2) is 12.1 Å². The van der Waals surface area contributed by atoms with Gasteiger partial charge < -0.3 is 4.74 Å². The van der Waals surface area contributed by atoms with E-state index in [4.69, 9.17) is 4.74 Å². The van der Waals surface area contributed by atoms with E-state index in [0.717, 1.165) is 17.5 Å². The standard InChI is InChI=1S/C18H24O2/c1-10-9-17(3,4)14-8-13-12(11(2)20-16(13)19)7-15(14)18(10,5)6/h7-8,10-11H,9H2,1-6H3. The number of cyclic esters (lactones) is 1. The first kappa shape index (κ1) is 13.7. The molecule has 0 spiro atoms. The molecule has 1 aliphatic heterocycles. The summed E-state index contributed by atoms with van der Waals surface area (Å²) in [6.07, 6.45) is 1.04. The molecular weight excluding hydrogens is 248 g/mol. The Kier molecular flexibility index (Phi) is 2.64. The first-order chi connectivity index (χ1) is 9.14. The lowest BCUT2D eigenvalue weighted by molar-refractivity contribution is 0.0422. The molecule has 3 rings (SSSR count). The van der Waals surface area contributed by atoms with E-state index < -0.39 is 0 Å². The number of ether oxygens (including phenoxy) is 1. The zero-order valence-electron chi connectivity index (χ0n) is 13.3. The number of esters is 1. The number of fused-ring (bicyclic) bond motifs is 2. The lowest BCUT2D eigenvalue weighted by atomic mass is 9.58. The molecule has 2 nitrogen and oxygen atoms in total. The summed E-state index contributed by atoms with van der Waals surface area (Å²) in [7, 11) is 0. The van der Waals surface area contributed by atoms with Gasteiger partial charge in [0.1, 0.15) is 6.10 Å². The van der Waals surface area contributed by atoms with Crippen LogP contribution in [0.5, 0.6) is 0 Å². The predicted molar refractivity (Wildman–Crippen MR) is 80.1 cm³/mol. The monoisotopic (exact) mass is 272 g/mol. The third-order valence-corrected chi connectivity index (χ3v) is 5.60. The molecule has 1 aliphatic carbocycles. The van der Waals surface area contributed by atoms with Crippen molar-refractivity contribution < 1.29 is 9.53 Å². The van der Waals surface area contributed by atoms with E-state index in [1.54, 1.807) is 0 Å². The first-order valence-corrected chi connectivity index (χ1v) is 7.54. The maximum Gasteiger partial charge on any atom is 0.339 e. The van der Waals surface area contributed by atoms with Gasteiger partial charge in [0, 0.05) is 5.56 Å². The minimum absolute atomic E-state index is 0.112. The summed E-state index contributed by atoms with van der Waals surface area (Å²) >= 11 is 0. The second-order valence-corrected chi connectivity index (χ2v) is 7.74. The number of hydrogen-bond acceptors (Lipinski definition) is 2. The van der Waals surface area contributed by atoms with Gasteiger partial charge in [-0.15, -0.1) is 0 Å². The topological polar surface area (TPSA) is 26.3 Å². The van der Waals surface area contributed by atoms with Crippen LogP contribution in [0.2, 0.25) is 0 Å². The van der Waals surface area contributed by atoms with Crippen molar-refractivity contribution in [1.82, 2.24) is 0 Å². The first-order valence-electron chi connectivity index (χ1n) is 7.54. The molecule has 1 aromatic rings. The zero-order chi connectivity index (χ0) is 14.9. The second kappa shape index (κ2) is 3.87. The molecule has 0 bridgehead atoms. The van der Waals surface area contributed by atoms with Gasteiger partial charge in [0.25, 0.3) is 0 Å². The predicted octanol–water partition coefficient (Wildman–Crippen LogP) is 4.51. The SMILES string of the molecule is CC1OC(=O)c2cc3c(cc21)C(C)(C)C(C)CC3(C)C. The van der Waals surface area contributed by atoms with E-state index in [9.17, 15) is 4.79 Å². The summed E-state index contributed by atoms with van der Waals surface area (Å²) in [5.41, 5.74) is 4.81. The van der Waals surface area contributed by atoms with Crippen LogP contribution in [0.4, 0.5) is 0 Å². The zero-order valence-corrected chi connectivity index (χ0v) is 13.3. The van der Waals surface area contributed by atoms with Crippen LogP contribution in [0.3, 0.4) is 0 Å². The Bertz CT molecular complexity index is 596. The lowest BCUT2D eigenvalue weighted by Gasteiger charge is -2.46. The molecule has 1 aromatic carbocycles. The van der Waals surface area contributed by atoms with Crippen molar-refractivity contribution in [2.45, 2.75) is 64.9 Å². The molecule has 0 radical (unpaired) electrons. The molecule has 0 saturated carbocycles. The molecule has 2 atom stereocenters. The van der Waals surface area contributed by atoms with E-state index in [0.29, 0.717) is 5.92 Å². The molecule has 0 saturated heterocycles. The molecule has 0 amide bonds. The minimum Gasteiger partial charge on any atom is -0.454 e. The quantitative estimate of drug-likeness (QED) is 0.649. The van der Waals surface area contributed by atoms with E-state index >= 15 is 0 Å².